The SMILES string of the molecule is CC1(S(=O)(=O)n2ccc3ccccc32)C=CC=C(C2=CCNCC2)C1.Cl. The van der Waals surface area contributed by atoms with E-state index in [1.165, 1.54) is 9.55 Å². The van der Waals surface area contributed by atoms with Crippen LogP contribution >= 0.6 is 12.4 Å². The first-order valence-corrected chi connectivity index (χ1v) is 10.0. The maximum Gasteiger partial charge on any atom is 0.248 e. The molecule has 1 aliphatic carbocycles. The Hall–Kier alpha value is -1.82. The van der Waals surface area contributed by atoms with E-state index in [9.17, 15) is 8.42 Å². The molecule has 2 aliphatic rings. The van der Waals surface area contributed by atoms with Gasteiger partial charge in [-0.15, -0.1) is 12.4 Å². The quantitative estimate of drug-likeness (QED) is 0.867. The highest BCUT2D eigenvalue weighted by Crippen LogP contribution is 2.37. The van der Waals surface area contributed by atoms with Crippen molar-refractivity contribution < 1.29 is 8.42 Å². The monoisotopic (exact) mass is 390 g/mol. The van der Waals surface area contributed by atoms with Gasteiger partial charge >= 0.3 is 0 Å². The van der Waals surface area contributed by atoms with Crippen LogP contribution in [-0.4, -0.2) is 30.2 Å². The third-order valence-electron chi connectivity index (χ3n) is 5.18. The highest BCUT2D eigenvalue weighted by Gasteiger charge is 2.40. The van der Waals surface area contributed by atoms with Gasteiger partial charge in [0.15, 0.2) is 0 Å². The van der Waals surface area contributed by atoms with Crippen molar-refractivity contribution in [2.75, 3.05) is 13.1 Å². The molecule has 1 unspecified atom stereocenters. The summed E-state index contributed by atoms with van der Waals surface area (Å²) >= 11 is 0. The predicted molar refractivity (Wildman–Crippen MR) is 109 cm³/mol. The van der Waals surface area contributed by atoms with Gasteiger partial charge in [0.05, 0.1) is 5.52 Å². The molecule has 138 valence electrons. The van der Waals surface area contributed by atoms with Gasteiger partial charge in [-0.3, -0.25) is 0 Å². The van der Waals surface area contributed by atoms with Crippen LogP contribution in [0.4, 0.5) is 0 Å². The summed E-state index contributed by atoms with van der Waals surface area (Å²) in [6.45, 7) is 3.61. The molecule has 1 atom stereocenters. The standard InChI is InChI=1S/C20H22N2O2S.ClH/c1-20(11-4-6-18(15-20)16-8-12-21-13-9-16)25(23,24)22-14-10-17-5-2-3-7-19(17)22;/h2-8,10-11,14,21H,9,12-13,15H2,1H3;1H. The molecule has 0 radical (unpaired) electrons. The minimum atomic E-state index is -3.57. The molecule has 4 rings (SSSR count). The Morgan fingerprint density at radius 2 is 1.96 bits per heavy atom. The molecule has 0 saturated carbocycles. The van der Waals surface area contributed by atoms with Gasteiger partial charge in [0, 0.05) is 18.1 Å². The highest BCUT2D eigenvalue weighted by atomic mass is 35.5. The number of para-hydroxylation sites is 1. The third kappa shape index (κ3) is 3.04. The van der Waals surface area contributed by atoms with Crippen molar-refractivity contribution in [2.45, 2.75) is 24.5 Å². The highest BCUT2D eigenvalue weighted by molar-refractivity contribution is 7.91. The van der Waals surface area contributed by atoms with Gasteiger partial charge in [0.25, 0.3) is 0 Å². The number of rotatable bonds is 3. The van der Waals surface area contributed by atoms with Crippen molar-refractivity contribution in [3.63, 3.8) is 0 Å². The molecule has 0 fully saturated rings. The Labute approximate surface area is 160 Å². The van der Waals surface area contributed by atoms with Crippen molar-refractivity contribution in [1.82, 2.24) is 9.29 Å². The zero-order valence-corrected chi connectivity index (χ0v) is 16.3. The largest absolute Gasteiger partial charge is 0.313 e. The number of fused-ring (bicyclic) bond motifs is 1. The summed E-state index contributed by atoms with van der Waals surface area (Å²) in [6, 6.07) is 9.44. The molecule has 1 N–H and O–H groups in total. The zero-order chi connectivity index (χ0) is 17.5. The van der Waals surface area contributed by atoms with Gasteiger partial charge in [-0.25, -0.2) is 12.4 Å². The van der Waals surface area contributed by atoms with Crippen molar-refractivity contribution in [3.05, 3.63) is 72.0 Å². The summed E-state index contributed by atoms with van der Waals surface area (Å²) in [5.41, 5.74) is 3.13. The second kappa shape index (κ2) is 7.06. The minimum absolute atomic E-state index is 0. The molecule has 6 heteroatoms. The number of halogens is 1. The first-order chi connectivity index (χ1) is 12.0. The summed E-state index contributed by atoms with van der Waals surface area (Å²) in [6.07, 6.45) is 11.1. The van der Waals surface area contributed by atoms with E-state index in [1.807, 2.05) is 49.4 Å². The molecule has 0 amide bonds. The van der Waals surface area contributed by atoms with Crippen molar-refractivity contribution in [3.8, 4) is 0 Å². The molecule has 2 heterocycles. The molecule has 2 aromatic rings. The number of benzene rings is 1. The summed E-state index contributed by atoms with van der Waals surface area (Å²) in [4.78, 5) is 0. The Bertz CT molecular complexity index is 1020. The fourth-order valence-corrected chi connectivity index (χ4v) is 5.35. The summed E-state index contributed by atoms with van der Waals surface area (Å²) in [5.74, 6) is 0. The zero-order valence-electron chi connectivity index (χ0n) is 14.7. The maximum absolute atomic E-state index is 13.5. The van der Waals surface area contributed by atoms with E-state index in [-0.39, 0.29) is 12.4 Å². The Morgan fingerprint density at radius 1 is 1.15 bits per heavy atom. The number of allylic oxidation sites excluding steroid dienone is 3. The lowest BCUT2D eigenvalue weighted by Gasteiger charge is -2.31. The Morgan fingerprint density at radius 3 is 2.73 bits per heavy atom. The lowest BCUT2D eigenvalue weighted by molar-refractivity contribution is 0.551. The Balaban J connectivity index is 0.00000196. The average Bonchev–Trinajstić information content (AvgIpc) is 3.07. The summed E-state index contributed by atoms with van der Waals surface area (Å²) in [7, 11) is -3.57. The van der Waals surface area contributed by atoms with Crippen LogP contribution in [0, 0.1) is 0 Å². The van der Waals surface area contributed by atoms with E-state index in [4.69, 9.17) is 0 Å². The minimum Gasteiger partial charge on any atom is -0.313 e. The van der Waals surface area contributed by atoms with E-state index < -0.39 is 14.8 Å². The van der Waals surface area contributed by atoms with E-state index in [0.717, 1.165) is 36.0 Å². The molecule has 1 aromatic carbocycles. The van der Waals surface area contributed by atoms with Crippen LogP contribution in [0.3, 0.4) is 0 Å². The second-order valence-electron chi connectivity index (χ2n) is 6.90. The van der Waals surface area contributed by atoms with E-state index in [0.29, 0.717) is 6.42 Å². The van der Waals surface area contributed by atoms with Crippen LogP contribution in [0.2, 0.25) is 0 Å². The summed E-state index contributed by atoms with van der Waals surface area (Å²) < 4.78 is 27.4. The van der Waals surface area contributed by atoms with Gasteiger partial charge in [-0.2, -0.15) is 0 Å². The average molecular weight is 391 g/mol. The van der Waals surface area contributed by atoms with E-state index in [2.05, 4.69) is 17.5 Å². The first-order valence-electron chi connectivity index (χ1n) is 8.61. The first kappa shape index (κ1) is 19.0. The summed E-state index contributed by atoms with van der Waals surface area (Å²) in [5, 5.41) is 4.24. The molecule has 1 aromatic heterocycles. The fraction of sp³-hybridized carbons (Fsp3) is 0.300. The molecule has 0 saturated heterocycles. The van der Waals surface area contributed by atoms with Crippen LogP contribution in [-0.2, 0) is 10.0 Å². The van der Waals surface area contributed by atoms with Crippen LogP contribution in [0.1, 0.15) is 19.8 Å². The van der Waals surface area contributed by atoms with Gasteiger partial charge in [-0.05, 0) is 49.6 Å². The van der Waals surface area contributed by atoms with Crippen LogP contribution < -0.4 is 5.32 Å². The van der Waals surface area contributed by atoms with Crippen molar-refractivity contribution >= 4 is 33.3 Å². The number of nitrogens with one attached hydrogen (secondary N) is 1. The lowest BCUT2D eigenvalue weighted by atomic mass is 9.88. The number of nitrogens with zero attached hydrogens (tertiary/aromatic N) is 1. The van der Waals surface area contributed by atoms with E-state index in [1.54, 1.807) is 6.20 Å². The Kier molecular flexibility index (Phi) is 5.15. The number of hydrogen-bond donors (Lipinski definition) is 1. The van der Waals surface area contributed by atoms with Crippen molar-refractivity contribution in [1.29, 1.82) is 0 Å². The molecule has 0 spiro atoms. The molecule has 4 nitrogen and oxygen atoms in total. The lowest BCUT2D eigenvalue weighted by Crippen LogP contribution is -2.39. The molecule has 26 heavy (non-hydrogen) atoms. The van der Waals surface area contributed by atoms with E-state index >= 15 is 0 Å². The fourth-order valence-electron chi connectivity index (χ4n) is 3.67. The van der Waals surface area contributed by atoms with Gasteiger partial charge in [0.1, 0.15) is 4.75 Å². The molecule has 0 bridgehead atoms. The smallest absolute Gasteiger partial charge is 0.248 e. The van der Waals surface area contributed by atoms with Crippen molar-refractivity contribution in [2.24, 2.45) is 0 Å². The molecule has 1 aliphatic heterocycles. The molecular weight excluding hydrogens is 368 g/mol. The maximum atomic E-state index is 13.5. The second-order valence-corrected chi connectivity index (χ2v) is 9.18. The topological polar surface area (TPSA) is 51.1 Å². The number of hydrogen-bond acceptors (Lipinski definition) is 3. The third-order valence-corrected chi connectivity index (χ3v) is 7.47. The van der Waals surface area contributed by atoms with Gasteiger partial charge < -0.3 is 5.32 Å². The van der Waals surface area contributed by atoms with Crippen LogP contribution in [0.5, 0.6) is 0 Å². The predicted octanol–water partition coefficient (Wildman–Crippen LogP) is 3.81. The van der Waals surface area contributed by atoms with Crippen LogP contribution in [0.15, 0.2) is 72.0 Å². The van der Waals surface area contributed by atoms with Gasteiger partial charge in [-0.1, -0.05) is 42.5 Å². The van der Waals surface area contributed by atoms with Gasteiger partial charge in [0.2, 0.25) is 10.0 Å². The molecular formula is C20H23ClN2O2S. The normalized spacial score (nSPS) is 23.3. The van der Waals surface area contributed by atoms with Crippen LogP contribution in [0.25, 0.3) is 10.9 Å². The number of aromatic nitrogens is 1.